The molecule has 1 aromatic carbocycles. The van der Waals surface area contributed by atoms with Crippen molar-refractivity contribution < 1.29 is 14.4 Å². The summed E-state index contributed by atoms with van der Waals surface area (Å²) in [6.07, 6.45) is 1.28. The maximum Gasteiger partial charge on any atom is 0.282 e. The van der Waals surface area contributed by atoms with Gasteiger partial charge in [0.2, 0.25) is 0 Å². The first-order chi connectivity index (χ1) is 12.0. The SMILES string of the molecule is C[C@@H]1C[C@H](C)C[NH+]([C@@H](C)C(=O)Nc2ccc(N3CCOCC3)cc2)C1. The van der Waals surface area contributed by atoms with E-state index in [0.29, 0.717) is 11.8 Å². The molecule has 138 valence electrons. The number of ether oxygens (including phenoxy) is 1. The summed E-state index contributed by atoms with van der Waals surface area (Å²) in [5, 5.41) is 3.10. The fraction of sp³-hybridized carbons (Fsp3) is 0.650. The van der Waals surface area contributed by atoms with Crippen molar-refractivity contribution >= 4 is 17.3 Å². The Morgan fingerprint density at radius 1 is 1.16 bits per heavy atom. The quantitative estimate of drug-likeness (QED) is 0.867. The summed E-state index contributed by atoms with van der Waals surface area (Å²) in [6, 6.07) is 8.18. The fourth-order valence-electron chi connectivity index (χ4n) is 4.20. The summed E-state index contributed by atoms with van der Waals surface area (Å²) in [7, 11) is 0. The Bertz CT molecular complexity index is 559. The summed E-state index contributed by atoms with van der Waals surface area (Å²) in [4.78, 5) is 16.4. The zero-order valence-electron chi connectivity index (χ0n) is 15.8. The number of carbonyl (C=O) groups is 1. The van der Waals surface area contributed by atoms with Crippen molar-refractivity contribution in [3.63, 3.8) is 0 Å². The Morgan fingerprint density at radius 3 is 2.36 bits per heavy atom. The minimum absolute atomic E-state index is 0.0101. The molecule has 3 rings (SSSR count). The van der Waals surface area contributed by atoms with E-state index in [1.54, 1.807) is 0 Å². The second kappa shape index (κ2) is 8.19. The molecule has 2 fully saturated rings. The van der Waals surface area contributed by atoms with E-state index in [1.807, 2.05) is 12.1 Å². The van der Waals surface area contributed by atoms with Crippen LogP contribution in [0.25, 0.3) is 0 Å². The molecule has 25 heavy (non-hydrogen) atoms. The third kappa shape index (κ3) is 4.73. The van der Waals surface area contributed by atoms with Crippen LogP contribution in [0, 0.1) is 11.8 Å². The van der Waals surface area contributed by atoms with Crippen molar-refractivity contribution in [2.45, 2.75) is 33.2 Å². The molecule has 2 saturated heterocycles. The van der Waals surface area contributed by atoms with Gasteiger partial charge in [-0.1, -0.05) is 13.8 Å². The van der Waals surface area contributed by atoms with Gasteiger partial charge in [0.1, 0.15) is 0 Å². The lowest BCUT2D eigenvalue weighted by molar-refractivity contribution is -0.925. The molecule has 5 nitrogen and oxygen atoms in total. The number of hydrogen-bond donors (Lipinski definition) is 2. The number of likely N-dealkylation sites (tertiary alicyclic amines) is 1. The van der Waals surface area contributed by atoms with Crippen molar-refractivity contribution in [2.24, 2.45) is 11.8 Å². The Hall–Kier alpha value is -1.59. The molecule has 0 saturated carbocycles. The smallest absolute Gasteiger partial charge is 0.282 e. The van der Waals surface area contributed by atoms with Crippen molar-refractivity contribution in [3.05, 3.63) is 24.3 Å². The van der Waals surface area contributed by atoms with Gasteiger partial charge in [-0.25, -0.2) is 0 Å². The molecule has 2 N–H and O–H groups in total. The number of piperidine rings is 1. The molecule has 2 heterocycles. The summed E-state index contributed by atoms with van der Waals surface area (Å²) < 4.78 is 5.40. The molecule has 4 atom stereocenters. The molecule has 0 aliphatic carbocycles. The minimum atomic E-state index is -0.0101. The van der Waals surface area contributed by atoms with E-state index in [-0.39, 0.29) is 11.9 Å². The van der Waals surface area contributed by atoms with Crippen molar-refractivity contribution in [2.75, 3.05) is 49.6 Å². The number of morpholine rings is 1. The predicted octanol–water partition coefficient (Wildman–Crippen LogP) is 1.41. The zero-order chi connectivity index (χ0) is 17.8. The minimum Gasteiger partial charge on any atom is -0.378 e. The lowest BCUT2D eigenvalue weighted by Gasteiger charge is -2.35. The zero-order valence-corrected chi connectivity index (χ0v) is 15.8. The highest BCUT2D eigenvalue weighted by atomic mass is 16.5. The maximum atomic E-state index is 12.7. The van der Waals surface area contributed by atoms with E-state index in [2.05, 4.69) is 43.1 Å². The van der Waals surface area contributed by atoms with Crippen LogP contribution in [0.15, 0.2) is 24.3 Å². The first-order valence-corrected chi connectivity index (χ1v) is 9.61. The highest BCUT2D eigenvalue weighted by Gasteiger charge is 2.32. The maximum absolute atomic E-state index is 12.7. The molecule has 0 radical (unpaired) electrons. The molecular formula is C20H32N3O2+. The fourth-order valence-corrected chi connectivity index (χ4v) is 4.20. The van der Waals surface area contributed by atoms with Crippen LogP contribution in [-0.4, -0.2) is 51.3 Å². The Balaban J connectivity index is 1.56. The van der Waals surface area contributed by atoms with Gasteiger partial charge in [0.15, 0.2) is 6.04 Å². The number of carbonyl (C=O) groups excluding carboxylic acids is 1. The third-order valence-corrected chi connectivity index (χ3v) is 5.54. The number of nitrogens with one attached hydrogen (secondary N) is 2. The van der Waals surface area contributed by atoms with Gasteiger partial charge >= 0.3 is 0 Å². The average Bonchev–Trinajstić information content (AvgIpc) is 2.61. The van der Waals surface area contributed by atoms with Crippen LogP contribution in [0.1, 0.15) is 27.2 Å². The van der Waals surface area contributed by atoms with Gasteiger partial charge in [0.05, 0.1) is 26.3 Å². The molecule has 2 aliphatic rings. The summed E-state index contributed by atoms with van der Waals surface area (Å²) in [5.41, 5.74) is 2.07. The van der Waals surface area contributed by atoms with E-state index in [9.17, 15) is 4.79 Å². The Kier molecular flexibility index (Phi) is 5.97. The van der Waals surface area contributed by atoms with Crippen LogP contribution in [-0.2, 0) is 9.53 Å². The van der Waals surface area contributed by atoms with Crippen LogP contribution in [0.4, 0.5) is 11.4 Å². The van der Waals surface area contributed by atoms with Gasteiger partial charge in [-0.2, -0.15) is 0 Å². The highest BCUT2D eigenvalue weighted by Crippen LogP contribution is 2.19. The average molecular weight is 346 g/mol. The molecule has 0 bridgehead atoms. The second-order valence-corrected chi connectivity index (χ2v) is 7.87. The molecule has 1 amide bonds. The standard InChI is InChI=1S/C20H31N3O2/c1-15-12-16(2)14-23(13-15)17(3)20(24)21-18-4-6-19(7-5-18)22-8-10-25-11-9-22/h4-7,15-17H,8-14H2,1-3H3,(H,21,24)/p+1/t15-,16+,17-/m0/s1. The van der Waals surface area contributed by atoms with Crippen LogP contribution in [0.3, 0.4) is 0 Å². The van der Waals surface area contributed by atoms with Crippen LogP contribution in [0.2, 0.25) is 0 Å². The summed E-state index contributed by atoms with van der Waals surface area (Å²) in [5.74, 6) is 1.51. The van der Waals surface area contributed by atoms with Crippen molar-refractivity contribution in [3.8, 4) is 0 Å². The van der Waals surface area contributed by atoms with Crippen LogP contribution >= 0.6 is 0 Å². The number of anilines is 2. The largest absolute Gasteiger partial charge is 0.378 e. The van der Waals surface area contributed by atoms with Crippen LogP contribution in [0.5, 0.6) is 0 Å². The van der Waals surface area contributed by atoms with Crippen molar-refractivity contribution in [1.29, 1.82) is 0 Å². The summed E-state index contributed by atoms with van der Waals surface area (Å²) in [6.45, 7) is 12.3. The van der Waals surface area contributed by atoms with Gasteiger partial charge in [-0.15, -0.1) is 0 Å². The molecule has 0 spiro atoms. The normalized spacial score (nSPS) is 28.4. The lowest BCUT2D eigenvalue weighted by Crippen LogP contribution is -3.18. The van der Waals surface area contributed by atoms with E-state index in [0.717, 1.165) is 45.1 Å². The number of nitrogens with zero attached hydrogens (tertiary/aromatic N) is 1. The highest BCUT2D eigenvalue weighted by molar-refractivity contribution is 5.93. The van der Waals surface area contributed by atoms with Gasteiger partial charge in [0.25, 0.3) is 5.91 Å². The number of benzene rings is 1. The Labute approximate surface area is 151 Å². The molecule has 2 aliphatic heterocycles. The van der Waals surface area contributed by atoms with Gasteiger partial charge in [0, 0.05) is 36.3 Å². The van der Waals surface area contributed by atoms with Gasteiger partial charge in [-0.05, 0) is 37.6 Å². The first kappa shape index (κ1) is 18.2. The van der Waals surface area contributed by atoms with Gasteiger partial charge in [-0.3, -0.25) is 4.79 Å². The van der Waals surface area contributed by atoms with E-state index in [1.165, 1.54) is 17.0 Å². The predicted molar refractivity (Wildman–Crippen MR) is 101 cm³/mol. The molecule has 5 heteroatoms. The first-order valence-electron chi connectivity index (χ1n) is 9.61. The lowest BCUT2D eigenvalue weighted by atomic mass is 9.91. The summed E-state index contributed by atoms with van der Waals surface area (Å²) >= 11 is 0. The van der Waals surface area contributed by atoms with E-state index >= 15 is 0 Å². The molecular weight excluding hydrogens is 314 g/mol. The van der Waals surface area contributed by atoms with Crippen LogP contribution < -0.4 is 15.1 Å². The number of rotatable bonds is 4. The number of hydrogen-bond acceptors (Lipinski definition) is 3. The second-order valence-electron chi connectivity index (χ2n) is 7.87. The Morgan fingerprint density at radius 2 is 1.76 bits per heavy atom. The third-order valence-electron chi connectivity index (χ3n) is 5.54. The molecule has 0 aromatic heterocycles. The monoisotopic (exact) mass is 346 g/mol. The topological polar surface area (TPSA) is 46.0 Å². The van der Waals surface area contributed by atoms with E-state index < -0.39 is 0 Å². The molecule has 1 aromatic rings. The van der Waals surface area contributed by atoms with Crippen molar-refractivity contribution in [1.82, 2.24) is 0 Å². The van der Waals surface area contributed by atoms with Gasteiger partial charge < -0.3 is 19.9 Å². The van der Waals surface area contributed by atoms with E-state index in [4.69, 9.17) is 4.74 Å². The number of quaternary nitrogens is 1. The number of amides is 1. The molecule has 1 unspecified atom stereocenters.